The van der Waals surface area contributed by atoms with E-state index < -0.39 is 6.10 Å². The van der Waals surface area contributed by atoms with Crippen LogP contribution in [0.4, 0.5) is 0 Å². The van der Waals surface area contributed by atoms with Crippen molar-refractivity contribution in [2.75, 3.05) is 0 Å². The molecule has 4 atom stereocenters. The van der Waals surface area contributed by atoms with Crippen molar-refractivity contribution in [1.29, 1.82) is 0 Å². The van der Waals surface area contributed by atoms with Crippen LogP contribution in [0, 0.1) is 17.8 Å². The molecule has 0 saturated heterocycles. The minimum atomic E-state index is -0.618. The molecular formula is C16H34N2O2. The molecule has 4 heteroatoms. The van der Waals surface area contributed by atoms with E-state index in [-0.39, 0.29) is 29.8 Å². The Morgan fingerprint density at radius 2 is 1.70 bits per heavy atom. The van der Waals surface area contributed by atoms with E-state index in [9.17, 15) is 9.90 Å². The minimum Gasteiger partial charge on any atom is -0.391 e. The number of carbonyl (C=O) groups is 1. The number of hydrogen-bond acceptors (Lipinski definition) is 3. The smallest absolute Gasteiger partial charge is 0.223 e. The summed E-state index contributed by atoms with van der Waals surface area (Å²) in [5.74, 6) is 0.494. The molecule has 1 unspecified atom stereocenters. The zero-order chi connectivity index (χ0) is 15.9. The second-order valence-corrected chi connectivity index (χ2v) is 6.76. The van der Waals surface area contributed by atoms with Crippen molar-refractivity contribution in [1.82, 2.24) is 5.32 Å². The highest BCUT2D eigenvalue weighted by Gasteiger charge is 2.28. The van der Waals surface area contributed by atoms with Crippen molar-refractivity contribution in [2.45, 2.75) is 79.0 Å². The van der Waals surface area contributed by atoms with Gasteiger partial charge in [-0.05, 0) is 38.0 Å². The molecule has 4 nitrogen and oxygen atoms in total. The lowest BCUT2D eigenvalue weighted by Gasteiger charge is -2.27. The van der Waals surface area contributed by atoms with Crippen molar-refractivity contribution in [3.63, 3.8) is 0 Å². The first-order chi connectivity index (χ1) is 9.18. The molecule has 20 heavy (non-hydrogen) atoms. The quantitative estimate of drug-likeness (QED) is 0.609. The number of aliphatic hydroxyl groups excluding tert-OH is 1. The highest BCUT2D eigenvalue weighted by atomic mass is 16.3. The van der Waals surface area contributed by atoms with Crippen molar-refractivity contribution in [3.8, 4) is 0 Å². The molecule has 120 valence electrons. The number of nitrogens with two attached hydrogens (primary N) is 1. The van der Waals surface area contributed by atoms with E-state index in [0.717, 1.165) is 12.8 Å². The van der Waals surface area contributed by atoms with Gasteiger partial charge in [0.15, 0.2) is 0 Å². The minimum absolute atomic E-state index is 0.0325. The van der Waals surface area contributed by atoms with Gasteiger partial charge in [0.1, 0.15) is 0 Å². The fourth-order valence-electron chi connectivity index (χ4n) is 2.27. The van der Waals surface area contributed by atoms with Gasteiger partial charge in [0.2, 0.25) is 5.91 Å². The average molecular weight is 286 g/mol. The van der Waals surface area contributed by atoms with E-state index in [1.165, 1.54) is 0 Å². The first-order valence-corrected chi connectivity index (χ1v) is 7.92. The van der Waals surface area contributed by atoms with E-state index in [4.69, 9.17) is 5.73 Å². The summed E-state index contributed by atoms with van der Waals surface area (Å²) in [6.45, 7) is 12.2. The number of carbonyl (C=O) groups excluding carboxylic acids is 1. The number of rotatable bonds is 9. The second kappa shape index (κ2) is 9.35. The summed E-state index contributed by atoms with van der Waals surface area (Å²) in [6.07, 6.45) is 1.51. The summed E-state index contributed by atoms with van der Waals surface area (Å²) < 4.78 is 0. The lowest BCUT2D eigenvalue weighted by atomic mass is 9.85. The van der Waals surface area contributed by atoms with E-state index in [2.05, 4.69) is 19.2 Å². The Morgan fingerprint density at radius 1 is 1.15 bits per heavy atom. The predicted octanol–water partition coefficient (Wildman–Crippen LogP) is 2.30. The van der Waals surface area contributed by atoms with Gasteiger partial charge in [-0.25, -0.2) is 0 Å². The van der Waals surface area contributed by atoms with Crippen molar-refractivity contribution in [2.24, 2.45) is 23.5 Å². The molecule has 0 aromatic carbocycles. The van der Waals surface area contributed by atoms with Crippen LogP contribution in [0.2, 0.25) is 0 Å². The topological polar surface area (TPSA) is 75.3 Å². The van der Waals surface area contributed by atoms with Crippen LogP contribution in [0.1, 0.15) is 60.8 Å². The highest BCUT2D eigenvalue weighted by Crippen LogP contribution is 2.21. The van der Waals surface area contributed by atoms with Crippen LogP contribution in [0.25, 0.3) is 0 Å². The summed E-state index contributed by atoms with van der Waals surface area (Å²) in [5.41, 5.74) is 6.01. The summed E-state index contributed by atoms with van der Waals surface area (Å²) in [7, 11) is 0. The molecule has 0 spiro atoms. The van der Waals surface area contributed by atoms with Crippen LogP contribution in [0.3, 0.4) is 0 Å². The maximum Gasteiger partial charge on any atom is 0.223 e. The Kier molecular flexibility index (Phi) is 9.06. The molecule has 0 aromatic heterocycles. The number of hydrogen-bond donors (Lipinski definition) is 3. The van der Waals surface area contributed by atoms with Gasteiger partial charge in [-0.1, -0.05) is 34.6 Å². The molecule has 0 aromatic rings. The molecule has 0 heterocycles. The molecular weight excluding hydrogens is 252 g/mol. The average Bonchev–Trinajstić information content (AvgIpc) is 2.33. The summed E-state index contributed by atoms with van der Waals surface area (Å²) in [4.78, 5) is 12.3. The van der Waals surface area contributed by atoms with Crippen molar-refractivity contribution < 1.29 is 9.90 Å². The molecule has 0 rings (SSSR count). The normalized spacial score (nSPS) is 17.9. The van der Waals surface area contributed by atoms with Crippen LogP contribution in [0.5, 0.6) is 0 Å². The van der Waals surface area contributed by atoms with Crippen LogP contribution < -0.4 is 11.1 Å². The third-order valence-corrected chi connectivity index (χ3v) is 3.88. The van der Waals surface area contributed by atoms with Gasteiger partial charge in [-0.2, -0.15) is 0 Å². The Labute approximate surface area is 124 Å². The molecule has 0 radical (unpaired) electrons. The monoisotopic (exact) mass is 286 g/mol. The van der Waals surface area contributed by atoms with Gasteiger partial charge in [-0.15, -0.1) is 0 Å². The molecule has 0 saturated carbocycles. The van der Waals surface area contributed by atoms with Crippen LogP contribution >= 0.6 is 0 Å². The molecule has 0 aliphatic carbocycles. The largest absolute Gasteiger partial charge is 0.391 e. The third-order valence-electron chi connectivity index (χ3n) is 3.88. The van der Waals surface area contributed by atoms with Crippen LogP contribution in [0.15, 0.2) is 0 Å². The third kappa shape index (κ3) is 7.25. The fraction of sp³-hybridized carbons (Fsp3) is 0.938. The first-order valence-electron chi connectivity index (χ1n) is 7.92. The number of aliphatic hydroxyl groups is 1. The lowest BCUT2D eigenvalue weighted by molar-refractivity contribution is -0.128. The van der Waals surface area contributed by atoms with E-state index in [1.54, 1.807) is 0 Å². The lowest BCUT2D eigenvalue weighted by Crippen LogP contribution is -2.43. The summed E-state index contributed by atoms with van der Waals surface area (Å²) in [5, 5.41) is 13.2. The van der Waals surface area contributed by atoms with Crippen molar-refractivity contribution in [3.05, 3.63) is 0 Å². The van der Waals surface area contributed by atoms with E-state index in [0.29, 0.717) is 12.3 Å². The highest BCUT2D eigenvalue weighted by molar-refractivity contribution is 5.79. The SMILES string of the molecule is CCC(C)NC(=O)[C@@H](C[C@H](O)[C@@H](N)CC(C)C)C(C)C. The number of nitrogens with one attached hydrogen (secondary N) is 1. The maximum atomic E-state index is 12.3. The zero-order valence-corrected chi connectivity index (χ0v) is 14.0. The van der Waals surface area contributed by atoms with E-state index >= 15 is 0 Å². The Bertz CT molecular complexity index is 280. The second-order valence-electron chi connectivity index (χ2n) is 6.76. The standard InChI is InChI=1S/C16H34N2O2/c1-7-12(6)18-16(20)13(11(4)5)9-15(19)14(17)8-10(2)3/h10-15,19H,7-9,17H2,1-6H3,(H,18,20)/t12?,13-,14-,15-/m0/s1. The van der Waals surface area contributed by atoms with Gasteiger partial charge in [0.05, 0.1) is 6.10 Å². The van der Waals surface area contributed by atoms with Crippen molar-refractivity contribution >= 4 is 5.91 Å². The molecule has 0 aliphatic rings. The van der Waals surface area contributed by atoms with Crippen LogP contribution in [-0.2, 0) is 4.79 Å². The van der Waals surface area contributed by atoms with Gasteiger partial charge in [-0.3, -0.25) is 4.79 Å². The Morgan fingerprint density at radius 3 is 2.10 bits per heavy atom. The molecule has 0 bridgehead atoms. The molecule has 0 aliphatic heterocycles. The summed E-state index contributed by atoms with van der Waals surface area (Å²) >= 11 is 0. The molecule has 1 amide bonds. The predicted molar refractivity (Wildman–Crippen MR) is 84.3 cm³/mol. The first kappa shape index (κ1) is 19.4. The number of amides is 1. The van der Waals surface area contributed by atoms with E-state index in [1.807, 2.05) is 27.7 Å². The van der Waals surface area contributed by atoms with Crippen LogP contribution in [-0.4, -0.2) is 29.2 Å². The molecule has 0 fully saturated rings. The zero-order valence-electron chi connectivity index (χ0n) is 14.0. The molecule has 4 N–H and O–H groups in total. The van der Waals surface area contributed by atoms with Gasteiger partial charge < -0.3 is 16.2 Å². The van der Waals surface area contributed by atoms with Gasteiger partial charge in [0.25, 0.3) is 0 Å². The van der Waals surface area contributed by atoms with Gasteiger partial charge >= 0.3 is 0 Å². The summed E-state index contributed by atoms with van der Waals surface area (Å²) in [6, 6.07) is -0.0853. The fourth-order valence-corrected chi connectivity index (χ4v) is 2.27. The Balaban J connectivity index is 4.57. The Hall–Kier alpha value is -0.610. The van der Waals surface area contributed by atoms with Gasteiger partial charge in [0, 0.05) is 18.0 Å². The maximum absolute atomic E-state index is 12.3.